The molecule has 92 valence electrons. The van der Waals surface area contributed by atoms with Gasteiger partial charge in [-0.2, -0.15) is 0 Å². The second-order valence-corrected chi connectivity index (χ2v) is 6.04. The molecule has 0 aromatic heterocycles. The van der Waals surface area contributed by atoms with E-state index in [1.807, 2.05) is 0 Å². The largest absolute Gasteiger partial charge is 0.514 e. The number of hydrogen-bond donors (Lipinski definition) is 0. The Bertz CT molecular complexity index is 494. The first-order chi connectivity index (χ1) is 8.05. The second-order valence-electron chi connectivity index (χ2n) is 3.81. The lowest BCUT2D eigenvalue weighted by atomic mass is 10.3. The van der Waals surface area contributed by atoms with E-state index >= 15 is 0 Å². The molecule has 17 heavy (non-hydrogen) atoms. The van der Waals surface area contributed by atoms with E-state index in [2.05, 4.69) is 0 Å². The lowest BCUT2D eigenvalue weighted by Gasteiger charge is -2.09. The molecule has 0 spiro atoms. The number of carbonyl (C=O) groups excluding carboxylic acids is 1. The number of sulfone groups is 1. The SMILES string of the molecule is O=C(Oc1ccccc1)O[C@@H]1CCS(=O)(=O)C1. The molecule has 0 radical (unpaired) electrons. The van der Waals surface area contributed by atoms with E-state index < -0.39 is 22.1 Å². The molecule has 1 fully saturated rings. The maximum Gasteiger partial charge on any atom is 0.514 e. The maximum absolute atomic E-state index is 11.3. The number of rotatable bonds is 2. The van der Waals surface area contributed by atoms with E-state index in [9.17, 15) is 13.2 Å². The molecular weight excluding hydrogens is 244 g/mol. The van der Waals surface area contributed by atoms with Crippen LogP contribution in [0.1, 0.15) is 6.42 Å². The lowest BCUT2D eigenvalue weighted by Crippen LogP contribution is -2.21. The predicted molar refractivity (Wildman–Crippen MR) is 60.6 cm³/mol. The van der Waals surface area contributed by atoms with Crippen LogP contribution in [0.15, 0.2) is 30.3 Å². The van der Waals surface area contributed by atoms with Gasteiger partial charge in [-0.05, 0) is 18.6 Å². The van der Waals surface area contributed by atoms with Gasteiger partial charge in [-0.25, -0.2) is 13.2 Å². The highest BCUT2D eigenvalue weighted by atomic mass is 32.2. The van der Waals surface area contributed by atoms with Crippen LogP contribution in [0, 0.1) is 0 Å². The van der Waals surface area contributed by atoms with E-state index in [0.29, 0.717) is 12.2 Å². The van der Waals surface area contributed by atoms with E-state index in [0.717, 1.165) is 0 Å². The number of hydrogen-bond acceptors (Lipinski definition) is 5. The Morgan fingerprint density at radius 2 is 1.94 bits per heavy atom. The fourth-order valence-electron chi connectivity index (χ4n) is 1.60. The van der Waals surface area contributed by atoms with Crippen molar-refractivity contribution in [3.8, 4) is 5.75 Å². The molecule has 0 saturated carbocycles. The smallest absolute Gasteiger partial charge is 0.430 e. The monoisotopic (exact) mass is 256 g/mol. The Balaban J connectivity index is 1.87. The minimum Gasteiger partial charge on any atom is -0.430 e. The van der Waals surface area contributed by atoms with Gasteiger partial charge in [0, 0.05) is 0 Å². The molecular formula is C11H12O5S. The van der Waals surface area contributed by atoms with Crippen LogP contribution in [0.3, 0.4) is 0 Å². The van der Waals surface area contributed by atoms with Gasteiger partial charge in [0.25, 0.3) is 0 Å². The first kappa shape index (κ1) is 11.9. The Morgan fingerprint density at radius 1 is 1.24 bits per heavy atom. The zero-order valence-corrected chi connectivity index (χ0v) is 9.85. The summed E-state index contributed by atoms with van der Waals surface area (Å²) in [4.78, 5) is 11.3. The van der Waals surface area contributed by atoms with Crippen molar-refractivity contribution >= 4 is 16.0 Å². The lowest BCUT2D eigenvalue weighted by molar-refractivity contribution is 0.0686. The maximum atomic E-state index is 11.3. The molecule has 1 aliphatic rings. The summed E-state index contributed by atoms with van der Waals surface area (Å²) in [5.41, 5.74) is 0. The van der Waals surface area contributed by atoms with Gasteiger partial charge in [-0.15, -0.1) is 0 Å². The Morgan fingerprint density at radius 3 is 2.53 bits per heavy atom. The summed E-state index contributed by atoms with van der Waals surface area (Å²) in [5, 5.41) is 0. The molecule has 5 nitrogen and oxygen atoms in total. The van der Waals surface area contributed by atoms with Crippen molar-refractivity contribution < 1.29 is 22.7 Å². The average molecular weight is 256 g/mol. The van der Waals surface area contributed by atoms with Gasteiger partial charge in [-0.1, -0.05) is 18.2 Å². The van der Waals surface area contributed by atoms with Crippen molar-refractivity contribution in [3.05, 3.63) is 30.3 Å². The zero-order chi connectivity index (χ0) is 12.3. The predicted octanol–water partition coefficient (Wildman–Crippen LogP) is 1.39. The van der Waals surface area contributed by atoms with Crippen LogP contribution < -0.4 is 4.74 Å². The minimum atomic E-state index is -3.05. The van der Waals surface area contributed by atoms with Crippen molar-refractivity contribution in [1.82, 2.24) is 0 Å². The topological polar surface area (TPSA) is 69.7 Å². The van der Waals surface area contributed by atoms with Crippen LogP contribution >= 0.6 is 0 Å². The molecule has 1 saturated heterocycles. The van der Waals surface area contributed by atoms with Gasteiger partial charge >= 0.3 is 6.16 Å². The molecule has 0 aliphatic carbocycles. The van der Waals surface area contributed by atoms with Crippen LogP contribution in [-0.4, -0.2) is 32.2 Å². The number of carbonyl (C=O) groups is 1. The number of ether oxygens (including phenoxy) is 2. The molecule has 0 N–H and O–H groups in total. The molecule has 1 aromatic rings. The fourth-order valence-corrected chi connectivity index (χ4v) is 3.19. The molecule has 1 heterocycles. The highest BCUT2D eigenvalue weighted by Gasteiger charge is 2.31. The highest BCUT2D eigenvalue weighted by molar-refractivity contribution is 7.91. The van der Waals surface area contributed by atoms with Crippen LogP contribution in [0.4, 0.5) is 4.79 Å². The van der Waals surface area contributed by atoms with E-state index in [1.54, 1.807) is 30.3 Å². The molecule has 1 atom stereocenters. The second kappa shape index (κ2) is 4.75. The molecule has 0 bridgehead atoms. The summed E-state index contributed by atoms with van der Waals surface area (Å²) in [6, 6.07) is 8.48. The summed E-state index contributed by atoms with van der Waals surface area (Å²) < 4.78 is 32.1. The van der Waals surface area contributed by atoms with E-state index in [1.165, 1.54) is 0 Å². The van der Waals surface area contributed by atoms with Crippen molar-refractivity contribution in [2.24, 2.45) is 0 Å². The summed E-state index contributed by atoms with van der Waals surface area (Å²) in [6.45, 7) is 0. The third-order valence-corrected chi connectivity index (χ3v) is 4.14. The van der Waals surface area contributed by atoms with Gasteiger partial charge in [-0.3, -0.25) is 0 Å². The zero-order valence-electron chi connectivity index (χ0n) is 9.03. The van der Waals surface area contributed by atoms with Gasteiger partial charge < -0.3 is 9.47 Å². The normalized spacial score (nSPS) is 22.0. The quantitative estimate of drug-likeness (QED) is 0.590. The van der Waals surface area contributed by atoms with E-state index in [-0.39, 0.29) is 11.5 Å². The Labute approximate surface area is 99.3 Å². The molecule has 1 aliphatic heterocycles. The van der Waals surface area contributed by atoms with Crippen molar-refractivity contribution in [2.75, 3.05) is 11.5 Å². The van der Waals surface area contributed by atoms with Gasteiger partial charge in [0.05, 0.1) is 11.5 Å². The van der Waals surface area contributed by atoms with Crippen molar-refractivity contribution in [2.45, 2.75) is 12.5 Å². The fraction of sp³-hybridized carbons (Fsp3) is 0.364. The van der Waals surface area contributed by atoms with Crippen LogP contribution in [0.2, 0.25) is 0 Å². The summed E-state index contributed by atoms with van der Waals surface area (Å²) in [7, 11) is -3.05. The molecule has 2 rings (SSSR count). The van der Waals surface area contributed by atoms with Gasteiger partial charge in [0.2, 0.25) is 0 Å². The molecule has 0 unspecified atom stereocenters. The third-order valence-electron chi connectivity index (χ3n) is 2.40. The summed E-state index contributed by atoms with van der Waals surface area (Å²) in [6.07, 6.45) is -1.11. The highest BCUT2D eigenvalue weighted by Crippen LogP contribution is 2.16. The average Bonchev–Trinajstić information content (AvgIpc) is 2.59. The van der Waals surface area contributed by atoms with Crippen molar-refractivity contribution in [3.63, 3.8) is 0 Å². The van der Waals surface area contributed by atoms with Crippen LogP contribution in [0.25, 0.3) is 0 Å². The van der Waals surface area contributed by atoms with Crippen LogP contribution in [-0.2, 0) is 14.6 Å². The van der Waals surface area contributed by atoms with Crippen molar-refractivity contribution in [1.29, 1.82) is 0 Å². The Hall–Kier alpha value is -1.56. The van der Waals surface area contributed by atoms with Gasteiger partial charge in [0.1, 0.15) is 11.9 Å². The summed E-state index contributed by atoms with van der Waals surface area (Å²) in [5.74, 6) is 0.325. The standard InChI is InChI=1S/C11H12O5S/c12-11(15-9-4-2-1-3-5-9)16-10-6-7-17(13,14)8-10/h1-5,10H,6-8H2/t10-/m1/s1. The number of benzene rings is 1. The number of para-hydroxylation sites is 1. The molecule has 0 amide bonds. The Kier molecular flexibility index (Phi) is 3.33. The van der Waals surface area contributed by atoms with Gasteiger partial charge in [0.15, 0.2) is 9.84 Å². The van der Waals surface area contributed by atoms with E-state index in [4.69, 9.17) is 9.47 Å². The first-order valence-corrected chi connectivity index (χ1v) is 7.01. The minimum absolute atomic E-state index is 0.0658. The molecule has 6 heteroatoms. The summed E-state index contributed by atoms with van der Waals surface area (Å²) >= 11 is 0. The molecule has 1 aromatic carbocycles. The third kappa shape index (κ3) is 3.45. The first-order valence-electron chi connectivity index (χ1n) is 5.19. The van der Waals surface area contributed by atoms with Crippen LogP contribution in [0.5, 0.6) is 5.75 Å².